The van der Waals surface area contributed by atoms with E-state index in [0.29, 0.717) is 0 Å². The summed E-state index contributed by atoms with van der Waals surface area (Å²) in [5, 5.41) is 12.8. The minimum atomic E-state index is -0.192. The fraction of sp³-hybridized carbons (Fsp3) is 0.692. The van der Waals surface area contributed by atoms with Crippen LogP contribution in [0.3, 0.4) is 0 Å². The largest absolute Gasteiger partial charge is 0.464 e. The Labute approximate surface area is 97.9 Å². The van der Waals surface area contributed by atoms with Crippen molar-refractivity contribution in [3.63, 3.8) is 0 Å². The minimum absolute atomic E-state index is 0.192. The molecule has 0 aliphatic carbocycles. The van der Waals surface area contributed by atoms with Crippen molar-refractivity contribution in [2.75, 3.05) is 6.54 Å². The van der Waals surface area contributed by atoms with E-state index in [9.17, 15) is 5.11 Å². The van der Waals surface area contributed by atoms with Gasteiger partial charge in [-0.2, -0.15) is 0 Å². The van der Waals surface area contributed by atoms with Crippen molar-refractivity contribution < 1.29 is 9.52 Å². The molecule has 0 amide bonds. The van der Waals surface area contributed by atoms with Crippen LogP contribution in [0.1, 0.15) is 51.2 Å². The maximum atomic E-state index is 9.42. The zero-order valence-electron chi connectivity index (χ0n) is 10.5. The van der Waals surface area contributed by atoms with Gasteiger partial charge in [-0.25, -0.2) is 0 Å². The maximum absolute atomic E-state index is 9.42. The quantitative estimate of drug-likeness (QED) is 0.750. The van der Waals surface area contributed by atoms with Crippen LogP contribution in [0.5, 0.6) is 0 Å². The number of hydrogen-bond acceptors (Lipinski definition) is 3. The van der Waals surface area contributed by atoms with Gasteiger partial charge in [-0.3, -0.25) is 0 Å². The summed E-state index contributed by atoms with van der Waals surface area (Å²) in [6, 6.07) is 4.26. The van der Waals surface area contributed by atoms with Crippen LogP contribution >= 0.6 is 0 Å². The Hall–Kier alpha value is -0.800. The molecule has 0 fully saturated rings. The van der Waals surface area contributed by atoms with E-state index in [4.69, 9.17) is 4.42 Å². The topological polar surface area (TPSA) is 45.4 Å². The molecular formula is C13H23NO2. The first-order valence-corrected chi connectivity index (χ1v) is 6.17. The third-order valence-electron chi connectivity index (χ3n) is 2.86. The van der Waals surface area contributed by atoms with Crippen molar-refractivity contribution in [2.24, 2.45) is 0 Å². The first-order chi connectivity index (χ1) is 7.67. The van der Waals surface area contributed by atoms with Gasteiger partial charge in [0.2, 0.25) is 0 Å². The summed E-state index contributed by atoms with van der Waals surface area (Å²) < 4.78 is 5.65. The standard InChI is InChI=1S/C13H23NO2/c1-4-11(15)8-9-14-10(3)13-7-6-12(5-2)16-13/h6-7,10-11,14-15H,4-5,8-9H2,1-3H3. The highest BCUT2D eigenvalue weighted by Gasteiger charge is 2.09. The van der Waals surface area contributed by atoms with Crippen LogP contribution in [0.2, 0.25) is 0 Å². The summed E-state index contributed by atoms with van der Waals surface area (Å²) in [5.74, 6) is 2.00. The number of furan rings is 1. The number of aliphatic hydroxyl groups is 1. The van der Waals surface area contributed by atoms with E-state index in [1.54, 1.807) is 0 Å². The molecule has 1 aromatic rings. The van der Waals surface area contributed by atoms with Gasteiger partial charge in [0.1, 0.15) is 11.5 Å². The van der Waals surface area contributed by atoms with E-state index in [0.717, 1.165) is 37.3 Å². The van der Waals surface area contributed by atoms with E-state index >= 15 is 0 Å². The van der Waals surface area contributed by atoms with Crippen molar-refractivity contribution in [3.05, 3.63) is 23.7 Å². The molecule has 0 aliphatic rings. The molecule has 16 heavy (non-hydrogen) atoms. The molecule has 1 aromatic heterocycles. The highest BCUT2D eigenvalue weighted by atomic mass is 16.3. The highest BCUT2D eigenvalue weighted by Crippen LogP contribution is 2.16. The monoisotopic (exact) mass is 225 g/mol. The molecule has 1 heterocycles. The molecule has 0 saturated carbocycles. The van der Waals surface area contributed by atoms with Crippen LogP contribution in [-0.2, 0) is 6.42 Å². The molecule has 0 radical (unpaired) electrons. The molecule has 0 aromatic carbocycles. The van der Waals surface area contributed by atoms with Crippen LogP contribution < -0.4 is 5.32 Å². The average Bonchev–Trinajstić information content (AvgIpc) is 2.77. The Morgan fingerprint density at radius 3 is 2.69 bits per heavy atom. The molecule has 0 bridgehead atoms. The fourth-order valence-electron chi connectivity index (χ4n) is 1.59. The minimum Gasteiger partial charge on any atom is -0.464 e. The lowest BCUT2D eigenvalue weighted by Gasteiger charge is -2.13. The predicted octanol–water partition coefficient (Wildman–Crippen LogP) is 2.65. The van der Waals surface area contributed by atoms with Crippen LogP contribution in [0.4, 0.5) is 0 Å². The fourth-order valence-corrected chi connectivity index (χ4v) is 1.59. The molecule has 2 unspecified atom stereocenters. The first kappa shape index (κ1) is 13.3. The van der Waals surface area contributed by atoms with Gasteiger partial charge in [-0.1, -0.05) is 13.8 Å². The SMILES string of the molecule is CCc1ccc(C(C)NCCC(O)CC)o1. The third kappa shape index (κ3) is 3.99. The lowest BCUT2D eigenvalue weighted by molar-refractivity contribution is 0.158. The van der Waals surface area contributed by atoms with E-state index < -0.39 is 0 Å². The van der Waals surface area contributed by atoms with Crippen LogP contribution in [0.15, 0.2) is 16.5 Å². The molecule has 0 aliphatic heterocycles. The zero-order valence-corrected chi connectivity index (χ0v) is 10.5. The van der Waals surface area contributed by atoms with E-state index in [1.807, 2.05) is 19.1 Å². The van der Waals surface area contributed by atoms with Crippen LogP contribution in [-0.4, -0.2) is 17.8 Å². The zero-order chi connectivity index (χ0) is 12.0. The first-order valence-electron chi connectivity index (χ1n) is 6.17. The lowest BCUT2D eigenvalue weighted by Crippen LogP contribution is -2.23. The van der Waals surface area contributed by atoms with E-state index in [1.165, 1.54) is 0 Å². The molecule has 1 rings (SSSR count). The Balaban J connectivity index is 2.31. The van der Waals surface area contributed by atoms with Gasteiger partial charge in [-0.05, 0) is 38.4 Å². The molecule has 0 saturated heterocycles. The Kier molecular flexibility index (Phi) is 5.56. The Bertz CT molecular complexity index is 296. The number of nitrogens with one attached hydrogen (secondary N) is 1. The molecule has 3 heteroatoms. The van der Waals surface area contributed by atoms with Crippen molar-refractivity contribution in [3.8, 4) is 0 Å². The summed E-state index contributed by atoms with van der Waals surface area (Å²) in [7, 11) is 0. The predicted molar refractivity (Wildman–Crippen MR) is 65.4 cm³/mol. The highest BCUT2D eigenvalue weighted by molar-refractivity contribution is 5.10. The summed E-state index contributed by atoms with van der Waals surface area (Å²) in [6.45, 7) is 6.97. The molecule has 2 N–H and O–H groups in total. The molecule has 2 atom stereocenters. The van der Waals surface area contributed by atoms with E-state index in [2.05, 4.69) is 19.2 Å². The maximum Gasteiger partial charge on any atom is 0.120 e. The number of rotatable bonds is 7. The summed E-state index contributed by atoms with van der Waals surface area (Å²) in [4.78, 5) is 0. The second-order valence-corrected chi connectivity index (χ2v) is 4.18. The van der Waals surface area contributed by atoms with Gasteiger partial charge in [0.25, 0.3) is 0 Å². The molecular weight excluding hydrogens is 202 g/mol. The number of hydrogen-bond donors (Lipinski definition) is 2. The summed E-state index contributed by atoms with van der Waals surface area (Å²) >= 11 is 0. The Morgan fingerprint density at radius 2 is 2.12 bits per heavy atom. The number of aryl methyl sites for hydroxylation is 1. The lowest BCUT2D eigenvalue weighted by atomic mass is 10.2. The summed E-state index contributed by atoms with van der Waals surface area (Å²) in [6.07, 6.45) is 2.35. The number of aliphatic hydroxyl groups excluding tert-OH is 1. The average molecular weight is 225 g/mol. The molecule has 0 spiro atoms. The van der Waals surface area contributed by atoms with Gasteiger partial charge in [0.15, 0.2) is 0 Å². The van der Waals surface area contributed by atoms with Gasteiger partial charge in [-0.15, -0.1) is 0 Å². The second kappa shape index (κ2) is 6.71. The van der Waals surface area contributed by atoms with Crippen LogP contribution in [0.25, 0.3) is 0 Å². The summed E-state index contributed by atoms with van der Waals surface area (Å²) in [5.41, 5.74) is 0. The van der Waals surface area contributed by atoms with Gasteiger partial charge < -0.3 is 14.8 Å². The van der Waals surface area contributed by atoms with E-state index in [-0.39, 0.29) is 12.1 Å². The van der Waals surface area contributed by atoms with Crippen LogP contribution in [0, 0.1) is 0 Å². The van der Waals surface area contributed by atoms with Gasteiger partial charge in [0, 0.05) is 6.42 Å². The normalized spacial score (nSPS) is 15.0. The third-order valence-corrected chi connectivity index (χ3v) is 2.86. The van der Waals surface area contributed by atoms with Gasteiger partial charge >= 0.3 is 0 Å². The second-order valence-electron chi connectivity index (χ2n) is 4.18. The van der Waals surface area contributed by atoms with Crippen molar-refractivity contribution >= 4 is 0 Å². The van der Waals surface area contributed by atoms with Crippen molar-refractivity contribution in [1.82, 2.24) is 5.32 Å². The van der Waals surface area contributed by atoms with Crippen molar-refractivity contribution in [2.45, 2.75) is 52.2 Å². The smallest absolute Gasteiger partial charge is 0.120 e. The molecule has 92 valence electrons. The molecule has 3 nitrogen and oxygen atoms in total. The Morgan fingerprint density at radius 1 is 1.38 bits per heavy atom. The van der Waals surface area contributed by atoms with Crippen molar-refractivity contribution in [1.29, 1.82) is 0 Å². The van der Waals surface area contributed by atoms with Gasteiger partial charge in [0.05, 0.1) is 12.1 Å².